The number of hydrogen-bond donors (Lipinski definition) is 1. The summed E-state index contributed by atoms with van der Waals surface area (Å²) < 4.78 is 5.62. The maximum absolute atomic E-state index is 11.9. The second-order valence-electron chi connectivity index (χ2n) is 4.84. The summed E-state index contributed by atoms with van der Waals surface area (Å²) in [4.78, 5) is 11.9. The van der Waals surface area contributed by atoms with Crippen molar-refractivity contribution >= 4 is 17.5 Å². The molecule has 2 atom stereocenters. The van der Waals surface area contributed by atoms with Crippen LogP contribution in [-0.2, 0) is 9.53 Å². The first-order chi connectivity index (χ1) is 9.27. The molecule has 1 aliphatic rings. The Hall–Kier alpha value is -1.06. The van der Waals surface area contributed by atoms with Crippen molar-refractivity contribution < 1.29 is 9.53 Å². The number of carbonyl (C=O) groups is 1. The highest BCUT2D eigenvalue weighted by atomic mass is 35.5. The topological polar surface area (TPSA) is 38.3 Å². The number of rotatable bonds is 5. The lowest BCUT2D eigenvalue weighted by Crippen LogP contribution is -2.31. The Kier molecular flexibility index (Phi) is 5.67. The highest BCUT2D eigenvalue weighted by Crippen LogP contribution is 2.20. The van der Waals surface area contributed by atoms with E-state index in [2.05, 4.69) is 5.32 Å². The summed E-state index contributed by atoms with van der Waals surface area (Å²) in [6.45, 7) is 1.47. The molecule has 2 rings (SSSR count). The van der Waals surface area contributed by atoms with Gasteiger partial charge >= 0.3 is 0 Å². The van der Waals surface area contributed by atoms with Gasteiger partial charge in [-0.25, -0.2) is 0 Å². The van der Waals surface area contributed by atoms with Crippen LogP contribution in [0.25, 0.3) is 0 Å². The molecule has 0 spiro atoms. The number of halogens is 1. The van der Waals surface area contributed by atoms with Gasteiger partial charge in [0.1, 0.15) is 5.38 Å². The smallest absolute Gasteiger partial charge is 0.242 e. The summed E-state index contributed by atoms with van der Waals surface area (Å²) in [6.07, 6.45) is 4.63. The quantitative estimate of drug-likeness (QED) is 0.843. The predicted octanol–water partition coefficient (Wildman–Crippen LogP) is 3.04. The zero-order chi connectivity index (χ0) is 13.5. The molecule has 0 bridgehead atoms. The zero-order valence-corrected chi connectivity index (χ0v) is 11.7. The van der Waals surface area contributed by atoms with E-state index in [1.165, 1.54) is 6.42 Å². The molecule has 3 nitrogen and oxygen atoms in total. The Morgan fingerprint density at radius 3 is 2.84 bits per heavy atom. The maximum Gasteiger partial charge on any atom is 0.242 e. The van der Waals surface area contributed by atoms with Crippen molar-refractivity contribution in [3.8, 4) is 0 Å². The Labute approximate surface area is 119 Å². The van der Waals surface area contributed by atoms with Gasteiger partial charge in [0.15, 0.2) is 0 Å². The molecule has 1 fully saturated rings. The number of nitrogens with one attached hydrogen (secondary N) is 1. The third-order valence-corrected chi connectivity index (χ3v) is 3.81. The number of amides is 1. The molecule has 2 unspecified atom stereocenters. The van der Waals surface area contributed by atoms with Crippen LogP contribution in [0.1, 0.15) is 36.6 Å². The monoisotopic (exact) mass is 281 g/mol. The molecule has 104 valence electrons. The molecule has 0 radical (unpaired) electrons. The van der Waals surface area contributed by atoms with Crippen LogP contribution in [-0.4, -0.2) is 25.2 Å². The average Bonchev–Trinajstić information content (AvgIpc) is 2.48. The molecule has 0 aromatic heterocycles. The average molecular weight is 282 g/mol. The van der Waals surface area contributed by atoms with Crippen molar-refractivity contribution in [2.24, 2.45) is 0 Å². The summed E-state index contributed by atoms with van der Waals surface area (Å²) in [5, 5.41) is 2.26. The van der Waals surface area contributed by atoms with Crippen LogP contribution < -0.4 is 5.32 Å². The van der Waals surface area contributed by atoms with E-state index in [1.807, 2.05) is 30.3 Å². The third-order valence-electron chi connectivity index (χ3n) is 3.36. The fourth-order valence-electron chi connectivity index (χ4n) is 2.25. The standard InChI is InChI=1S/C15H20ClNO2/c16-14(12-6-2-1-3-7-12)15(18)17-10-9-13-8-4-5-11-19-13/h1-3,6-7,13-14H,4-5,8-11H2,(H,17,18). The predicted molar refractivity (Wildman–Crippen MR) is 76.3 cm³/mol. The number of hydrogen-bond acceptors (Lipinski definition) is 2. The number of benzene rings is 1. The fourth-order valence-corrected chi connectivity index (χ4v) is 2.48. The molecule has 1 aliphatic heterocycles. The zero-order valence-electron chi connectivity index (χ0n) is 11.0. The van der Waals surface area contributed by atoms with Crippen molar-refractivity contribution in [1.82, 2.24) is 5.32 Å². The van der Waals surface area contributed by atoms with E-state index >= 15 is 0 Å². The van der Waals surface area contributed by atoms with Gasteiger partial charge < -0.3 is 10.1 Å². The van der Waals surface area contributed by atoms with Crippen molar-refractivity contribution in [3.63, 3.8) is 0 Å². The van der Waals surface area contributed by atoms with E-state index in [4.69, 9.17) is 16.3 Å². The maximum atomic E-state index is 11.9. The van der Waals surface area contributed by atoms with Gasteiger partial charge in [-0.2, -0.15) is 0 Å². The Balaban J connectivity index is 1.72. The van der Waals surface area contributed by atoms with Crippen LogP contribution in [0, 0.1) is 0 Å². The van der Waals surface area contributed by atoms with Crippen LogP contribution in [0.5, 0.6) is 0 Å². The first kappa shape index (κ1) is 14.4. The first-order valence-corrected chi connectivity index (χ1v) is 7.29. The molecule has 1 aromatic rings. The van der Waals surface area contributed by atoms with Crippen LogP contribution in [0.3, 0.4) is 0 Å². The van der Waals surface area contributed by atoms with Gasteiger partial charge in [-0.15, -0.1) is 11.6 Å². The first-order valence-electron chi connectivity index (χ1n) is 6.85. The molecular formula is C15H20ClNO2. The second kappa shape index (κ2) is 7.51. The van der Waals surface area contributed by atoms with E-state index in [1.54, 1.807) is 0 Å². The van der Waals surface area contributed by atoms with Crippen molar-refractivity contribution in [2.45, 2.75) is 37.2 Å². The van der Waals surface area contributed by atoms with Gasteiger partial charge in [0.25, 0.3) is 0 Å². The van der Waals surface area contributed by atoms with Gasteiger partial charge in [-0.3, -0.25) is 4.79 Å². The van der Waals surface area contributed by atoms with Crippen LogP contribution in [0.4, 0.5) is 0 Å². The minimum absolute atomic E-state index is 0.135. The summed E-state index contributed by atoms with van der Waals surface area (Å²) in [5.41, 5.74) is 0.829. The highest BCUT2D eigenvalue weighted by molar-refractivity contribution is 6.30. The lowest BCUT2D eigenvalue weighted by Gasteiger charge is -2.22. The largest absolute Gasteiger partial charge is 0.378 e. The Morgan fingerprint density at radius 1 is 1.37 bits per heavy atom. The summed E-state index contributed by atoms with van der Waals surface area (Å²) >= 11 is 6.13. The van der Waals surface area contributed by atoms with Crippen LogP contribution in [0.2, 0.25) is 0 Å². The number of carbonyl (C=O) groups excluding carboxylic acids is 1. The van der Waals surface area contributed by atoms with Crippen LogP contribution >= 0.6 is 11.6 Å². The van der Waals surface area contributed by atoms with E-state index in [-0.39, 0.29) is 5.91 Å². The second-order valence-corrected chi connectivity index (χ2v) is 5.28. The molecule has 1 saturated heterocycles. The van der Waals surface area contributed by atoms with Crippen molar-refractivity contribution in [3.05, 3.63) is 35.9 Å². The number of alkyl halides is 1. The minimum atomic E-state index is -0.617. The van der Waals surface area contributed by atoms with E-state index in [0.29, 0.717) is 12.6 Å². The third kappa shape index (κ3) is 4.51. The molecule has 1 heterocycles. The lowest BCUT2D eigenvalue weighted by atomic mass is 10.1. The van der Waals surface area contributed by atoms with Gasteiger partial charge in [-0.1, -0.05) is 30.3 Å². The molecule has 1 N–H and O–H groups in total. The van der Waals surface area contributed by atoms with Gasteiger partial charge in [0.2, 0.25) is 5.91 Å². The Bertz CT molecular complexity index is 390. The molecule has 1 aromatic carbocycles. The van der Waals surface area contributed by atoms with Crippen LogP contribution in [0.15, 0.2) is 30.3 Å². The van der Waals surface area contributed by atoms with Crippen molar-refractivity contribution in [2.75, 3.05) is 13.2 Å². The van der Waals surface area contributed by atoms with Gasteiger partial charge in [0.05, 0.1) is 6.10 Å². The van der Waals surface area contributed by atoms with Gasteiger partial charge in [0, 0.05) is 13.2 Å². The lowest BCUT2D eigenvalue weighted by molar-refractivity contribution is -0.121. The molecular weight excluding hydrogens is 262 g/mol. The summed E-state index contributed by atoms with van der Waals surface area (Å²) in [6, 6.07) is 9.40. The molecule has 19 heavy (non-hydrogen) atoms. The summed E-state index contributed by atoms with van der Waals surface area (Å²) in [5.74, 6) is -0.135. The molecule has 1 amide bonds. The normalized spacial score (nSPS) is 20.8. The SMILES string of the molecule is O=C(NCCC1CCCCO1)C(Cl)c1ccccc1. The summed E-state index contributed by atoms with van der Waals surface area (Å²) in [7, 11) is 0. The molecule has 4 heteroatoms. The van der Waals surface area contributed by atoms with E-state index < -0.39 is 5.38 Å². The molecule has 0 saturated carbocycles. The van der Waals surface area contributed by atoms with Crippen molar-refractivity contribution in [1.29, 1.82) is 0 Å². The fraction of sp³-hybridized carbons (Fsp3) is 0.533. The van der Waals surface area contributed by atoms with E-state index in [0.717, 1.165) is 31.4 Å². The van der Waals surface area contributed by atoms with Gasteiger partial charge in [-0.05, 0) is 31.2 Å². The molecule has 0 aliphatic carbocycles. The van der Waals surface area contributed by atoms with E-state index in [9.17, 15) is 4.79 Å². The highest BCUT2D eigenvalue weighted by Gasteiger charge is 2.18. The number of ether oxygens (including phenoxy) is 1. The minimum Gasteiger partial charge on any atom is -0.378 e. The Morgan fingerprint density at radius 2 is 2.16 bits per heavy atom.